The number of benzene rings is 3. The van der Waals surface area contributed by atoms with Crippen molar-refractivity contribution < 1.29 is 5.11 Å². The first-order chi connectivity index (χ1) is 10.5. The third-order valence-corrected chi connectivity index (χ3v) is 3.84. The van der Waals surface area contributed by atoms with E-state index in [1.165, 1.54) is 0 Å². The molecule has 0 aliphatic rings. The Labute approximate surface area is 129 Å². The van der Waals surface area contributed by atoms with Crippen molar-refractivity contribution in [2.24, 2.45) is 0 Å². The Kier molecular flexibility index (Phi) is 3.47. The first-order valence-electron chi connectivity index (χ1n) is 7.10. The van der Waals surface area contributed by atoms with E-state index in [0.717, 1.165) is 39.2 Å². The van der Waals surface area contributed by atoms with Gasteiger partial charge in [0.15, 0.2) is 0 Å². The van der Waals surface area contributed by atoms with Crippen LogP contribution in [0, 0.1) is 6.92 Å². The maximum Gasteiger partial charge on any atom is 0.116 e. The fraction of sp³-hybridized carbons (Fsp3) is 0.0526. The van der Waals surface area contributed by atoms with Crippen molar-refractivity contribution in [1.82, 2.24) is 0 Å². The molecule has 3 aromatic carbocycles. The van der Waals surface area contributed by atoms with Crippen LogP contribution in [0.15, 0.2) is 60.7 Å². The van der Waals surface area contributed by atoms with Gasteiger partial charge in [0.1, 0.15) is 5.75 Å². The van der Waals surface area contributed by atoms with Crippen LogP contribution in [0.25, 0.3) is 22.3 Å². The van der Waals surface area contributed by atoms with Crippen molar-refractivity contribution in [2.75, 3.05) is 11.5 Å². The van der Waals surface area contributed by atoms with Gasteiger partial charge >= 0.3 is 0 Å². The third-order valence-electron chi connectivity index (χ3n) is 3.84. The van der Waals surface area contributed by atoms with E-state index in [9.17, 15) is 5.11 Å². The van der Waals surface area contributed by atoms with Crippen LogP contribution in [0.3, 0.4) is 0 Å². The summed E-state index contributed by atoms with van der Waals surface area (Å²) in [6.07, 6.45) is 0. The number of nitrogen functional groups attached to an aromatic ring is 2. The third kappa shape index (κ3) is 2.61. The summed E-state index contributed by atoms with van der Waals surface area (Å²) in [5, 5.41) is 10.1. The lowest BCUT2D eigenvalue weighted by Crippen LogP contribution is -1.91. The van der Waals surface area contributed by atoms with Gasteiger partial charge in [0.05, 0.1) is 0 Å². The number of aromatic hydroxyl groups is 1. The largest absolute Gasteiger partial charge is 0.508 e. The van der Waals surface area contributed by atoms with Gasteiger partial charge in [0, 0.05) is 11.4 Å². The standard InChI is InChI=1S/C19H18N2O/c1-12-18(13-2-6-15(20)7-3-13)10-17(22)11-19(12)14-4-8-16(21)9-5-14/h2-11,22H,20-21H2,1H3. The lowest BCUT2D eigenvalue weighted by molar-refractivity contribution is 0.475. The molecule has 22 heavy (non-hydrogen) atoms. The molecule has 0 atom stereocenters. The Morgan fingerprint density at radius 3 is 1.41 bits per heavy atom. The molecular formula is C19H18N2O. The second-order valence-corrected chi connectivity index (χ2v) is 5.41. The molecule has 3 nitrogen and oxygen atoms in total. The van der Waals surface area contributed by atoms with Crippen LogP contribution in [-0.4, -0.2) is 5.11 Å². The molecule has 0 saturated heterocycles. The Bertz CT molecular complexity index is 739. The van der Waals surface area contributed by atoms with Crippen LogP contribution in [-0.2, 0) is 0 Å². The van der Waals surface area contributed by atoms with E-state index in [0.29, 0.717) is 0 Å². The molecule has 110 valence electrons. The maximum atomic E-state index is 10.1. The van der Waals surface area contributed by atoms with E-state index < -0.39 is 0 Å². The Morgan fingerprint density at radius 1 is 0.682 bits per heavy atom. The summed E-state index contributed by atoms with van der Waals surface area (Å²) in [5.41, 5.74) is 18.1. The Morgan fingerprint density at radius 2 is 1.05 bits per heavy atom. The number of phenolic OH excluding ortho intramolecular Hbond substituents is 1. The minimum absolute atomic E-state index is 0.240. The Balaban J connectivity index is 2.17. The normalized spacial score (nSPS) is 10.6. The van der Waals surface area contributed by atoms with Crippen LogP contribution in [0.1, 0.15) is 5.56 Å². The molecule has 0 radical (unpaired) electrons. The van der Waals surface area contributed by atoms with E-state index in [1.54, 1.807) is 12.1 Å². The molecule has 3 heteroatoms. The lowest BCUT2D eigenvalue weighted by Gasteiger charge is -2.13. The number of nitrogens with two attached hydrogens (primary N) is 2. The second kappa shape index (κ2) is 5.45. The molecule has 5 N–H and O–H groups in total. The minimum Gasteiger partial charge on any atom is -0.508 e. The first-order valence-corrected chi connectivity index (χ1v) is 7.10. The monoisotopic (exact) mass is 290 g/mol. The summed E-state index contributed by atoms with van der Waals surface area (Å²) < 4.78 is 0. The SMILES string of the molecule is Cc1c(-c2ccc(N)cc2)cc(O)cc1-c1ccc(N)cc1. The molecule has 0 amide bonds. The number of anilines is 2. The van der Waals surface area contributed by atoms with Crippen LogP contribution in [0.2, 0.25) is 0 Å². The molecule has 0 fully saturated rings. The molecule has 0 aliphatic heterocycles. The number of rotatable bonds is 2. The number of hydrogen-bond acceptors (Lipinski definition) is 3. The van der Waals surface area contributed by atoms with Crippen LogP contribution in [0.5, 0.6) is 5.75 Å². The van der Waals surface area contributed by atoms with Crippen molar-refractivity contribution in [3.63, 3.8) is 0 Å². The van der Waals surface area contributed by atoms with Gasteiger partial charge in [-0.3, -0.25) is 0 Å². The summed E-state index contributed by atoms with van der Waals surface area (Å²) >= 11 is 0. The van der Waals surface area contributed by atoms with Gasteiger partial charge in [-0.25, -0.2) is 0 Å². The highest BCUT2D eigenvalue weighted by Gasteiger charge is 2.10. The van der Waals surface area contributed by atoms with Crippen molar-refractivity contribution >= 4 is 11.4 Å². The second-order valence-electron chi connectivity index (χ2n) is 5.41. The summed E-state index contributed by atoms with van der Waals surface area (Å²) in [7, 11) is 0. The van der Waals surface area contributed by atoms with E-state index in [2.05, 4.69) is 6.92 Å². The van der Waals surface area contributed by atoms with Gasteiger partial charge < -0.3 is 16.6 Å². The topological polar surface area (TPSA) is 72.3 Å². The quantitative estimate of drug-likeness (QED) is 0.619. The molecule has 0 saturated carbocycles. The first kappa shape index (κ1) is 14.0. The van der Waals surface area contributed by atoms with Gasteiger partial charge in [-0.1, -0.05) is 24.3 Å². The summed E-state index contributed by atoms with van der Waals surface area (Å²) in [6, 6.07) is 18.9. The molecule has 3 aromatic rings. The highest BCUT2D eigenvalue weighted by molar-refractivity contribution is 5.80. The number of phenols is 1. The molecule has 0 spiro atoms. The fourth-order valence-corrected chi connectivity index (χ4v) is 2.62. The molecular weight excluding hydrogens is 272 g/mol. The van der Waals surface area contributed by atoms with E-state index in [1.807, 2.05) is 48.5 Å². The zero-order valence-electron chi connectivity index (χ0n) is 12.4. The minimum atomic E-state index is 0.240. The molecule has 0 bridgehead atoms. The van der Waals surface area contributed by atoms with Gasteiger partial charge in [0.25, 0.3) is 0 Å². The molecule has 0 unspecified atom stereocenters. The Hall–Kier alpha value is -2.94. The van der Waals surface area contributed by atoms with Gasteiger partial charge in [-0.15, -0.1) is 0 Å². The predicted molar refractivity (Wildman–Crippen MR) is 92.5 cm³/mol. The van der Waals surface area contributed by atoms with E-state index >= 15 is 0 Å². The zero-order valence-corrected chi connectivity index (χ0v) is 12.4. The molecule has 0 aromatic heterocycles. The average molecular weight is 290 g/mol. The summed E-state index contributed by atoms with van der Waals surface area (Å²) in [5.74, 6) is 0.240. The molecule has 0 heterocycles. The average Bonchev–Trinajstić information content (AvgIpc) is 2.51. The predicted octanol–water partition coefficient (Wildman–Crippen LogP) is 4.20. The number of hydrogen-bond donors (Lipinski definition) is 3. The summed E-state index contributed by atoms with van der Waals surface area (Å²) in [4.78, 5) is 0. The van der Waals surface area contributed by atoms with Gasteiger partial charge in [-0.05, 0) is 71.1 Å². The van der Waals surface area contributed by atoms with Crippen molar-refractivity contribution in [3.8, 4) is 28.0 Å². The zero-order chi connectivity index (χ0) is 15.7. The van der Waals surface area contributed by atoms with Crippen LogP contribution in [0.4, 0.5) is 11.4 Å². The van der Waals surface area contributed by atoms with Crippen molar-refractivity contribution in [2.45, 2.75) is 6.92 Å². The van der Waals surface area contributed by atoms with Gasteiger partial charge in [0.2, 0.25) is 0 Å². The highest BCUT2D eigenvalue weighted by atomic mass is 16.3. The fourth-order valence-electron chi connectivity index (χ4n) is 2.62. The van der Waals surface area contributed by atoms with Crippen LogP contribution >= 0.6 is 0 Å². The maximum absolute atomic E-state index is 10.1. The van der Waals surface area contributed by atoms with E-state index in [-0.39, 0.29) is 5.75 Å². The summed E-state index contributed by atoms with van der Waals surface area (Å²) in [6.45, 7) is 2.05. The lowest BCUT2D eigenvalue weighted by atomic mass is 9.92. The van der Waals surface area contributed by atoms with E-state index in [4.69, 9.17) is 11.5 Å². The highest BCUT2D eigenvalue weighted by Crippen LogP contribution is 2.36. The molecule has 0 aliphatic carbocycles. The molecule has 3 rings (SSSR count). The van der Waals surface area contributed by atoms with Crippen molar-refractivity contribution in [1.29, 1.82) is 0 Å². The van der Waals surface area contributed by atoms with Crippen LogP contribution < -0.4 is 11.5 Å². The smallest absolute Gasteiger partial charge is 0.116 e. The van der Waals surface area contributed by atoms with Gasteiger partial charge in [-0.2, -0.15) is 0 Å². The van der Waals surface area contributed by atoms with Crippen molar-refractivity contribution in [3.05, 3.63) is 66.2 Å².